The second-order valence-corrected chi connectivity index (χ2v) is 10.9. The quantitative estimate of drug-likeness (QED) is 0.163. The number of halogens is 1. The predicted molar refractivity (Wildman–Crippen MR) is 148 cm³/mol. The summed E-state index contributed by atoms with van der Waals surface area (Å²) >= 11 is 5.77. The molecule has 0 unspecified atom stereocenters. The fourth-order valence-electron chi connectivity index (χ4n) is 3.45. The van der Waals surface area contributed by atoms with E-state index in [1.807, 2.05) is 39.8 Å². The summed E-state index contributed by atoms with van der Waals surface area (Å²) in [5.74, 6) is 4.81. The number of aliphatic hydroxyl groups is 1. The smallest absolute Gasteiger partial charge is 0.333 e. The molecule has 1 heterocycles. The lowest BCUT2D eigenvalue weighted by atomic mass is 9.83. The third kappa shape index (κ3) is 13.3. The maximum absolute atomic E-state index is 12.8. The van der Waals surface area contributed by atoms with Gasteiger partial charge in [-0.2, -0.15) is 0 Å². The first-order valence-corrected chi connectivity index (χ1v) is 12.9. The molecule has 1 aliphatic rings. The normalized spacial score (nSPS) is 19.2. The molecule has 0 aromatic heterocycles. The SMILES string of the molecule is CC1=CC[C@@H]([C@@H](C)/C=C/C#C/C=C/C(=O)N[C@H](C(=O)C/C=C\C[C@@H](O)C/C=C(\C)Cl)C(C)(C)C)OC1=O. The molecule has 0 spiro atoms. The maximum atomic E-state index is 12.8. The summed E-state index contributed by atoms with van der Waals surface area (Å²) in [6, 6.07) is -0.675. The Balaban J connectivity index is 2.58. The fourth-order valence-corrected chi connectivity index (χ4v) is 3.54. The Morgan fingerprint density at radius 3 is 2.54 bits per heavy atom. The van der Waals surface area contributed by atoms with Crippen molar-refractivity contribution >= 4 is 29.3 Å². The van der Waals surface area contributed by atoms with E-state index >= 15 is 0 Å². The van der Waals surface area contributed by atoms with E-state index in [2.05, 4.69) is 17.2 Å². The molecule has 0 aliphatic carbocycles. The topological polar surface area (TPSA) is 92.7 Å². The molecule has 2 N–H and O–H groups in total. The highest BCUT2D eigenvalue weighted by molar-refractivity contribution is 6.29. The van der Waals surface area contributed by atoms with Gasteiger partial charge in [-0.05, 0) is 44.3 Å². The van der Waals surface area contributed by atoms with E-state index < -0.39 is 23.5 Å². The number of hydrogen-bond acceptors (Lipinski definition) is 5. The number of ketones is 1. The van der Waals surface area contributed by atoms with Gasteiger partial charge in [0.25, 0.3) is 0 Å². The average Bonchev–Trinajstić information content (AvgIpc) is 2.81. The van der Waals surface area contributed by atoms with Gasteiger partial charge >= 0.3 is 5.97 Å². The number of allylic oxidation sites excluding steroid dienone is 4. The standard InChI is InChI=1S/C30H40ClNO5/c1-21(26-20-17-22(2)29(36)37-26)13-9-7-8-10-16-27(35)32-28(30(4,5)6)25(34)15-12-11-14-24(33)19-18-23(3)31/h9-13,16-18,21,24,26,28,33H,14-15,19-20H2,1-6H3,(H,32,35)/b12-11-,13-9+,16-10+,23-18+/t21-,24+,26-,28+/m0/s1. The number of nitrogens with one attached hydrogen (secondary N) is 1. The molecule has 1 aliphatic heterocycles. The lowest BCUT2D eigenvalue weighted by molar-refractivity contribution is -0.147. The molecule has 0 saturated heterocycles. The first kappa shape index (κ1) is 32.1. The van der Waals surface area contributed by atoms with Crippen LogP contribution in [0, 0.1) is 23.2 Å². The number of cyclic esters (lactones) is 1. The van der Waals surface area contributed by atoms with E-state index in [9.17, 15) is 19.5 Å². The second-order valence-electron chi connectivity index (χ2n) is 10.3. The largest absolute Gasteiger partial charge is 0.458 e. The van der Waals surface area contributed by atoms with Gasteiger partial charge in [0, 0.05) is 35.4 Å². The molecule has 1 rings (SSSR count). The van der Waals surface area contributed by atoms with Crippen molar-refractivity contribution in [3.63, 3.8) is 0 Å². The minimum Gasteiger partial charge on any atom is -0.458 e. The second kappa shape index (κ2) is 16.1. The first-order chi connectivity index (χ1) is 17.3. The van der Waals surface area contributed by atoms with Gasteiger partial charge in [0.05, 0.1) is 12.1 Å². The summed E-state index contributed by atoms with van der Waals surface area (Å²) in [5, 5.41) is 13.3. The lowest BCUT2D eigenvalue weighted by Crippen LogP contribution is -2.48. The zero-order valence-electron chi connectivity index (χ0n) is 22.7. The third-order valence-corrected chi connectivity index (χ3v) is 5.90. The van der Waals surface area contributed by atoms with Crippen LogP contribution in [0.15, 0.2) is 59.2 Å². The summed E-state index contributed by atoms with van der Waals surface area (Å²) in [7, 11) is 0. The van der Waals surface area contributed by atoms with Gasteiger partial charge < -0.3 is 15.2 Å². The van der Waals surface area contributed by atoms with E-state index in [1.165, 1.54) is 12.2 Å². The van der Waals surface area contributed by atoms with Crippen molar-refractivity contribution in [1.29, 1.82) is 0 Å². The maximum Gasteiger partial charge on any atom is 0.333 e. The monoisotopic (exact) mass is 529 g/mol. The number of aliphatic hydroxyl groups excluding tert-OH is 1. The van der Waals surface area contributed by atoms with Crippen molar-refractivity contribution in [3.05, 3.63) is 59.2 Å². The Hall–Kier alpha value is -2.88. The summed E-state index contributed by atoms with van der Waals surface area (Å²) < 4.78 is 5.39. The molecule has 37 heavy (non-hydrogen) atoms. The van der Waals surface area contributed by atoms with E-state index in [4.69, 9.17) is 16.3 Å². The van der Waals surface area contributed by atoms with Crippen LogP contribution in [0.2, 0.25) is 0 Å². The van der Waals surface area contributed by atoms with Gasteiger partial charge in [0.2, 0.25) is 5.91 Å². The number of ether oxygens (including phenoxy) is 1. The van der Waals surface area contributed by atoms with Crippen molar-refractivity contribution in [2.75, 3.05) is 0 Å². The molecule has 0 aromatic carbocycles. The molecule has 1 amide bonds. The Morgan fingerprint density at radius 1 is 1.24 bits per heavy atom. The minimum absolute atomic E-state index is 0.0115. The van der Waals surface area contributed by atoms with Crippen LogP contribution < -0.4 is 5.32 Å². The van der Waals surface area contributed by atoms with Crippen LogP contribution in [0.25, 0.3) is 0 Å². The number of amides is 1. The van der Waals surface area contributed by atoms with Crippen molar-refractivity contribution in [1.82, 2.24) is 5.32 Å². The van der Waals surface area contributed by atoms with Gasteiger partial charge in [-0.1, -0.05) is 81.5 Å². The van der Waals surface area contributed by atoms with Crippen LogP contribution in [-0.2, 0) is 19.1 Å². The Kier molecular flexibility index (Phi) is 14.0. The molecule has 0 radical (unpaired) electrons. The van der Waals surface area contributed by atoms with Gasteiger partial charge in [0.15, 0.2) is 5.78 Å². The average molecular weight is 530 g/mol. The van der Waals surface area contributed by atoms with Crippen molar-refractivity contribution in [3.8, 4) is 11.8 Å². The number of esters is 1. The number of Topliss-reactive ketones (excluding diaryl/α,β-unsaturated/α-hetero) is 1. The molecule has 0 saturated carbocycles. The highest BCUT2D eigenvalue weighted by Crippen LogP contribution is 2.22. The minimum atomic E-state index is -0.675. The zero-order valence-corrected chi connectivity index (χ0v) is 23.5. The van der Waals surface area contributed by atoms with Crippen LogP contribution >= 0.6 is 11.6 Å². The van der Waals surface area contributed by atoms with Crippen molar-refractivity contribution in [2.45, 2.75) is 85.5 Å². The van der Waals surface area contributed by atoms with Crippen molar-refractivity contribution < 1.29 is 24.2 Å². The number of hydrogen-bond donors (Lipinski definition) is 2. The Bertz CT molecular complexity index is 1010. The molecule has 0 bridgehead atoms. The predicted octanol–water partition coefficient (Wildman–Crippen LogP) is 5.33. The molecule has 7 heteroatoms. The number of rotatable bonds is 11. The molecule has 0 fully saturated rings. The van der Waals surface area contributed by atoms with E-state index in [0.717, 1.165) is 0 Å². The van der Waals surface area contributed by atoms with Crippen LogP contribution in [0.5, 0.6) is 0 Å². The Labute approximate surface area is 226 Å². The van der Waals surface area contributed by atoms with Crippen LogP contribution in [-0.4, -0.2) is 41.0 Å². The summed E-state index contributed by atoms with van der Waals surface area (Å²) in [6.45, 7) is 11.1. The molecule has 6 nitrogen and oxygen atoms in total. The zero-order chi connectivity index (χ0) is 28.0. The molecule has 4 atom stereocenters. The summed E-state index contributed by atoms with van der Waals surface area (Å²) in [6.07, 6.45) is 14.3. The van der Waals surface area contributed by atoms with E-state index in [0.29, 0.717) is 29.9 Å². The van der Waals surface area contributed by atoms with Crippen LogP contribution in [0.4, 0.5) is 0 Å². The summed E-state index contributed by atoms with van der Waals surface area (Å²) in [4.78, 5) is 36.9. The van der Waals surface area contributed by atoms with Gasteiger partial charge in [0.1, 0.15) is 6.10 Å². The van der Waals surface area contributed by atoms with Gasteiger partial charge in [-0.3, -0.25) is 9.59 Å². The summed E-state index contributed by atoms with van der Waals surface area (Å²) in [5.41, 5.74) is 0.154. The van der Waals surface area contributed by atoms with Gasteiger partial charge in [-0.25, -0.2) is 4.79 Å². The van der Waals surface area contributed by atoms with Crippen LogP contribution in [0.3, 0.4) is 0 Å². The Morgan fingerprint density at radius 2 is 1.92 bits per heavy atom. The molecular weight excluding hydrogens is 490 g/mol. The van der Waals surface area contributed by atoms with Crippen molar-refractivity contribution in [2.24, 2.45) is 11.3 Å². The third-order valence-electron chi connectivity index (χ3n) is 5.75. The highest BCUT2D eigenvalue weighted by Gasteiger charge is 2.31. The van der Waals surface area contributed by atoms with Crippen LogP contribution in [0.1, 0.15) is 67.2 Å². The molecule has 0 aromatic rings. The lowest BCUT2D eigenvalue weighted by Gasteiger charge is -2.29. The van der Waals surface area contributed by atoms with Gasteiger partial charge in [-0.15, -0.1) is 0 Å². The first-order valence-electron chi connectivity index (χ1n) is 12.5. The number of carbonyl (C=O) groups is 3. The molecule has 202 valence electrons. The highest BCUT2D eigenvalue weighted by atomic mass is 35.5. The number of carbonyl (C=O) groups excluding carboxylic acids is 3. The molecular formula is C30H40ClNO5. The van der Waals surface area contributed by atoms with E-state index in [1.54, 1.807) is 38.2 Å². The fraction of sp³-hybridized carbons (Fsp3) is 0.500. The van der Waals surface area contributed by atoms with E-state index in [-0.39, 0.29) is 30.2 Å².